The molecule has 0 spiro atoms. The smallest absolute Gasteiger partial charge is 0.310 e. The van der Waals surface area contributed by atoms with Crippen molar-refractivity contribution in [3.05, 3.63) is 54.1 Å². The Bertz CT molecular complexity index is 971. The van der Waals surface area contributed by atoms with Gasteiger partial charge in [-0.25, -0.2) is 0 Å². The molecular weight excluding hydrogens is 376 g/mol. The quantitative estimate of drug-likeness (QED) is 0.573. The number of anilines is 2. The number of ketones is 1. The molecule has 0 bridgehead atoms. The van der Waals surface area contributed by atoms with Crippen LogP contribution in [0.3, 0.4) is 0 Å². The molecule has 2 aromatic carbocycles. The molecule has 1 heterocycles. The number of carbonyl (C=O) groups excluding carboxylic acids is 4. The summed E-state index contributed by atoms with van der Waals surface area (Å²) in [7, 11) is 0. The molecule has 0 saturated heterocycles. The van der Waals surface area contributed by atoms with Crippen LogP contribution in [0.15, 0.2) is 48.5 Å². The highest BCUT2D eigenvalue weighted by molar-refractivity contribution is 6.00. The van der Waals surface area contributed by atoms with Gasteiger partial charge in [0, 0.05) is 11.3 Å². The number of carbonyl (C=O) groups is 4. The first kappa shape index (κ1) is 20.1. The third kappa shape index (κ3) is 4.98. The fourth-order valence-electron chi connectivity index (χ4n) is 2.74. The molecule has 2 atom stereocenters. The van der Waals surface area contributed by atoms with E-state index in [0.29, 0.717) is 22.7 Å². The minimum absolute atomic E-state index is 0.132. The first-order valence-corrected chi connectivity index (χ1v) is 9.01. The number of fused-ring (bicyclic) bond motifs is 1. The average molecular weight is 396 g/mol. The van der Waals surface area contributed by atoms with Crippen molar-refractivity contribution in [1.82, 2.24) is 0 Å². The number of Topliss-reactive ketones (excluding diaryl/α,β-unsaturated/α-hetero) is 1. The Morgan fingerprint density at radius 3 is 2.69 bits per heavy atom. The number of amides is 2. The van der Waals surface area contributed by atoms with Gasteiger partial charge in [0.15, 0.2) is 18.0 Å². The Morgan fingerprint density at radius 1 is 1.17 bits per heavy atom. The lowest BCUT2D eigenvalue weighted by Gasteiger charge is -2.25. The Hall–Kier alpha value is -3.68. The number of hydrogen-bond acceptors (Lipinski definition) is 6. The highest BCUT2D eigenvalue weighted by atomic mass is 16.6. The molecular formula is C21H20N2O6. The number of esters is 1. The van der Waals surface area contributed by atoms with Crippen molar-refractivity contribution in [3.63, 3.8) is 0 Å². The lowest BCUT2D eigenvalue weighted by molar-refractivity contribution is -0.155. The molecule has 1 aliphatic rings. The van der Waals surface area contributed by atoms with E-state index in [0.717, 1.165) is 0 Å². The summed E-state index contributed by atoms with van der Waals surface area (Å²) >= 11 is 0. The number of ether oxygens (including phenoxy) is 2. The van der Waals surface area contributed by atoms with Crippen LogP contribution < -0.4 is 15.4 Å². The molecule has 2 unspecified atom stereocenters. The SMILES string of the molecule is CC(=O)c1cccc(NC(=O)C(C)OC(=O)CC2Oc3ccccc3NC2=O)c1. The third-order valence-electron chi connectivity index (χ3n) is 4.27. The van der Waals surface area contributed by atoms with Crippen molar-refractivity contribution in [1.29, 1.82) is 0 Å². The average Bonchev–Trinajstić information content (AvgIpc) is 2.68. The molecule has 0 saturated carbocycles. The Balaban J connectivity index is 1.55. The first-order valence-electron chi connectivity index (χ1n) is 9.01. The van der Waals surface area contributed by atoms with Gasteiger partial charge in [-0.05, 0) is 38.1 Å². The zero-order chi connectivity index (χ0) is 21.0. The molecule has 2 N–H and O–H groups in total. The van der Waals surface area contributed by atoms with Gasteiger partial charge in [-0.2, -0.15) is 0 Å². The van der Waals surface area contributed by atoms with E-state index in [1.165, 1.54) is 19.9 Å². The van der Waals surface area contributed by atoms with E-state index < -0.39 is 30.0 Å². The van der Waals surface area contributed by atoms with Gasteiger partial charge >= 0.3 is 5.97 Å². The summed E-state index contributed by atoms with van der Waals surface area (Å²) in [6.07, 6.45) is -2.47. The topological polar surface area (TPSA) is 111 Å². The monoisotopic (exact) mass is 396 g/mol. The summed E-state index contributed by atoms with van der Waals surface area (Å²) in [5.41, 5.74) is 1.40. The predicted octanol–water partition coefficient (Wildman–Crippen LogP) is 2.55. The van der Waals surface area contributed by atoms with Crippen LogP contribution in [0.25, 0.3) is 0 Å². The van der Waals surface area contributed by atoms with Crippen LogP contribution in [0.2, 0.25) is 0 Å². The number of nitrogens with one attached hydrogen (secondary N) is 2. The van der Waals surface area contributed by atoms with E-state index in [1.807, 2.05) is 0 Å². The maximum absolute atomic E-state index is 12.3. The van der Waals surface area contributed by atoms with Crippen LogP contribution in [-0.4, -0.2) is 35.8 Å². The van der Waals surface area contributed by atoms with Gasteiger partial charge in [0.05, 0.1) is 12.1 Å². The molecule has 8 heteroatoms. The van der Waals surface area contributed by atoms with E-state index in [-0.39, 0.29) is 12.2 Å². The van der Waals surface area contributed by atoms with Crippen molar-refractivity contribution in [2.45, 2.75) is 32.5 Å². The molecule has 2 aromatic rings. The fraction of sp³-hybridized carbons (Fsp3) is 0.238. The molecule has 0 fully saturated rings. The Labute approximate surface area is 167 Å². The summed E-state index contributed by atoms with van der Waals surface area (Å²) in [6, 6.07) is 13.3. The van der Waals surface area contributed by atoms with Gasteiger partial charge in [-0.15, -0.1) is 0 Å². The molecule has 3 rings (SSSR count). The van der Waals surface area contributed by atoms with E-state index in [9.17, 15) is 19.2 Å². The fourth-order valence-corrected chi connectivity index (χ4v) is 2.74. The number of rotatable bonds is 6. The van der Waals surface area contributed by atoms with Crippen LogP contribution >= 0.6 is 0 Å². The number of para-hydroxylation sites is 2. The summed E-state index contributed by atoms with van der Waals surface area (Å²) in [5.74, 6) is -1.43. The van der Waals surface area contributed by atoms with Gasteiger partial charge in [0.25, 0.3) is 11.8 Å². The molecule has 0 aromatic heterocycles. The lowest BCUT2D eigenvalue weighted by atomic mass is 10.1. The number of benzene rings is 2. The second-order valence-corrected chi connectivity index (χ2v) is 6.55. The van der Waals surface area contributed by atoms with E-state index in [4.69, 9.17) is 9.47 Å². The van der Waals surface area contributed by atoms with E-state index >= 15 is 0 Å². The van der Waals surface area contributed by atoms with Crippen molar-refractivity contribution < 1.29 is 28.7 Å². The van der Waals surface area contributed by atoms with Gasteiger partial charge in [0.2, 0.25) is 0 Å². The Morgan fingerprint density at radius 2 is 1.93 bits per heavy atom. The zero-order valence-corrected chi connectivity index (χ0v) is 15.9. The summed E-state index contributed by atoms with van der Waals surface area (Å²) < 4.78 is 10.7. The summed E-state index contributed by atoms with van der Waals surface area (Å²) in [6.45, 7) is 2.84. The van der Waals surface area contributed by atoms with Crippen LogP contribution in [0.4, 0.5) is 11.4 Å². The molecule has 0 aliphatic carbocycles. The van der Waals surface area contributed by atoms with Gasteiger partial charge in [-0.1, -0.05) is 24.3 Å². The second kappa shape index (κ2) is 8.55. The molecule has 1 aliphatic heterocycles. The van der Waals surface area contributed by atoms with E-state index in [2.05, 4.69) is 10.6 Å². The molecule has 150 valence electrons. The summed E-state index contributed by atoms with van der Waals surface area (Å²) in [4.78, 5) is 48.0. The van der Waals surface area contributed by atoms with Crippen molar-refractivity contribution in [2.24, 2.45) is 0 Å². The second-order valence-electron chi connectivity index (χ2n) is 6.55. The maximum atomic E-state index is 12.3. The van der Waals surface area contributed by atoms with Crippen LogP contribution in [0.5, 0.6) is 5.75 Å². The van der Waals surface area contributed by atoms with Crippen molar-refractivity contribution in [3.8, 4) is 5.75 Å². The Kier molecular flexibility index (Phi) is 5.92. The maximum Gasteiger partial charge on any atom is 0.310 e. The molecule has 8 nitrogen and oxygen atoms in total. The molecule has 0 radical (unpaired) electrons. The van der Waals surface area contributed by atoms with Gasteiger partial charge < -0.3 is 20.1 Å². The van der Waals surface area contributed by atoms with E-state index in [1.54, 1.807) is 42.5 Å². The third-order valence-corrected chi connectivity index (χ3v) is 4.27. The normalized spacial score (nSPS) is 15.9. The van der Waals surface area contributed by atoms with Crippen molar-refractivity contribution >= 4 is 34.9 Å². The van der Waals surface area contributed by atoms with Crippen molar-refractivity contribution in [2.75, 3.05) is 10.6 Å². The minimum atomic E-state index is -1.09. The van der Waals surface area contributed by atoms with Crippen LogP contribution in [-0.2, 0) is 19.1 Å². The van der Waals surface area contributed by atoms with Gasteiger partial charge in [0.1, 0.15) is 5.75 Å². The summed E-state index contributed by atoms with van der Waals surface area (Å²) in [5, 5.41) is 5.25. The largest absolute Gasteiger partial charge is 0.478 e. The molecule has 2 amide bonds. The van der Waals surface area contributed by atoms with Crippen LogP contribution in [0, 0.1) is 0 Å². The standard InChI is InChI=1S/C21H20N2O6/c1-12(24)14-6-5-7-15(10-14)22-20(26)13(2)28-19(25)11-18-21(27)23-16-8-3-4-9-17(16)29-18/h3-10,13,18H,11H2,1-2H3,(H,22,26)(H,23,27). The minimum Gasteiger partial charge on any atom is -0.478 e. The zero-order valence-electron chi connectivity index (χ0n) is 15.9. The predicted molar refractivity (Wildman–Crippen MR) is 105 cm³/mol. The number of hydrogen-bond donors (Lipinski definition) is 2. The van der Waals surface area contributed by atoms with Gasteiger partial charge in [-0.3, -0.25) is 19.2 Å². The first-order chi connectivity index (χ1) is 13.8. The molecule has 29 heavy (non-hydrogen) atoms. The lowest BCUT2D eigenvalue weighted by Crippen LogP contribution is -2.40. The highest BCUT2D eigenvalue weighted by Crippen LogP contribution is 2.29. The van der Waals surface area contributed by atoms with Crippen LogP contribution in [0.1, 0.15) is 30.6 Å². The highest BCUT2D eigenvalue weighted by Gasteiger charge is 2.31.